The zero-order chi connectivity index (χ0) is 15.8. The van der Waals surface area contributed by atoms with Crippen molar-refractivity contribution in [1.82, 2.24) is 19.8 Å². The smallest absolute Gasteiger partial charge is 0.235 e. The lowest BCUT2D eigenvalue weighted by Crippen LogP contribution is -1.95. The standard InChI is InChI=1S/C15H8F2N4OS/c16-11-5-1-4-10(13(11)17)14-18-19-15-21(14)20-12(23-15)7-6-9-3-2-8-22-9/h1-8H. The second-order valence-electron chi connectivity index (χ2n) is 4.61. The molecule has 0 radical (unpaired) electrons. The molecule has 8 heteroatoms. The van der Waals surface area contributed by atoms with Gasteiger partial charge in [-0.25, -0.2) is 8.78 Å². The van der Waals surface area contributed by atoms with Gasteiger partial charge in [0.1, 0.15) is 10.8 Å². The van der Waals surface area contributed by atoms with Crippen molar-refractivity contribution < 1.29 is 13.2 Å². The Hall–Kier alpha value is -2.87. The Morgan fingerprint density at radius 2 is 2.00 bits per heavy atom. The summed E-state index contributed by atoms with van der Waals surface area (Å²) in [5.41, 5.74) is 0.0179. The molecule has 0 aliphatic rings. The fourth-order valence-electron chi connectivity index (χ4n) is 2.08. The lowest BCUT2D eigenvalue weighted by molar-refractivity contribution is 0.510. The van der Waals surface area contributed by atoms with Crippen molar-refractivity contribution in [3.63, 3.8) is 0 Å². The van der Waals surface area contributed by atoms with Crippen LogP contribution in [0.25, 0.3) is 28.5 Å². The maximum Gasteiger partial charge on any atom is 0.235 e. The van der Waals surface area contributed by atoms with Crippen molar-refractivity contribution in [3.8, 4) is 11.4 Å². The van der Waals surface area contributed by atoms with Gasteiger partial charge in [0.15, 0.2) is 17.5 Å². The molecular weight excluding hydrogens is 322 g/mol. The Bertz CT molecular complexity index is 1000. The van der Waals surface area contributed by atoms with Gasteiger partial charge in [0, 0.05) is 0 Å². The van der Waals surface area contributed by atoms with E-state index in [-0.39, 0.29) is 11.4 Å². The van der Waals surface area contributed by atoms with Crippen LogP contribution >= 0.6 is 11.3 Å². The van der Waals surface area contributed by atoms with E-state index in [1.54, 1.807) is 24.5 Å². The normalized spacial score (nSPS) is 11.7. The number of hydrogen-bond donors (Lipinski definition) is 0. The first kappa shape index (κ1) is 13.8. The van der Waals surface area contributed by atoms with Crippen LogP contribution in [0.2, 0.25) is 0 Å². The van der Waals surface area contributed by atoms with Gasteiger partial charge in [0.25, 0.3) is 0 Å². The molecule has 0 bridgehead atoms. The maximum atomic E-state index is 13.9. The van der Waals surface area contributed by atoms with Crippen LogP contribution in [0, 0.1) is 11.6 Å². The van der Waals surface area contributed by atoms with Gasteiger partial charge in [0.2, 0.25) is 4.96 Å². The third kappa shape index (κ3) is 2.42. The Kier molecular flexibility index (Phi) is 3.23. The summed E-state index contributed by atoms with van der Waals surface area (Å²) in [7, 11) is 0. The number of halogens is 2. The maximum absolute atomic E-state index is 13.9. The molecule has 4 aromatic rings. The number of nitrogens with zero attached hydrogens (tertiary/aromatic N) is 4. The van der Waals surface area contributed by atoms with E-state index in [1.807, 2.05) is 6.07 Å². The molecule has 114 valence electrons. The molecule has 3 heterocycles. The first-order chi connectivity index (χ1) is 11.2. The highest BCUT2D eigenvalue weighted by molar-refractivity contribution is 7.17. The summed E-state index contributed by atoms with van der Waals surface area (Å²) in [5.74, 6) is -1.06. The Labute approximate surface area is 132 Å². The van der Waals surface area contributed by atoms with Crippen molar-refractivity contribution in [2.45, 2.75) is 0 Å². The van der Waals surface area contributed by atoms with Gasteiger partial charge in [-0.1, -0.05) is 17.4 Å². The molecule has 1 aromatic carbocycles. The molecule has 0 saturated carbocycles. The van der Waals surface area contributed by atoms with Crippen molar-refractivity contribution in [2.24, 2.45) is 0 Å². The van der Waals surface area contributed by atoms with E-state index in [0.29, 0.717) is 15.7 Å². The SMILES string of the molecule is Fc1cccc(-c2nnc3sc(C=Cc4ccco4)nn23)c1F. The molecule has 5 nitrogen and oxygen atoms in total. The third-order valence-electron chi connectivity index (χ3n) is 3.13. The van der Waals surface area contributed by atoms with Crippen molar-refractivity contribution >= 4 is 28.4 Å². The van der Waals surface area contributed by atoms with Crippen molar-refractivity contribution in [3.05, 3.63) is 59.0 Å². The second kappa shape index (κ2) is 5.40. The Morgan fingerprint density at radius 1 is 1.09 bits per heavy atom. The summed E-state index contributed by atoms with van der Waals surface area (Å²) in [6.07, 6.45) is 5.08. The van der Waals surface area contributed by atoms with Gasteiger partial charge in [-0.3, -0.25) is 0 Å². The van der Waals surface area contributed by atoms with Gasteiger partial charge in [0.05, 0.1) is 11.8 Å². The summed E-state index contributed by atoms with van der Waals surface area (Å²) in [6.45, 7) is 0. The van der Waals surface area contributed by atoms with Gasteiger partial charge < -0.3 is 4.42 Å². The van der Waals surface area contributed by atoms with Crippen LogP contribution in [0.5, 0.6) is 0 Å². The predicted octanol–water partition coefficient (Wildman–Crippen LogP) is 3.89. The van der Waals surface area contributed by atoms with Crippen LogP contribution in [0.1, 0.15) is 10.8 Å². The fourth-order valence-corrected chi connectivity index (χ4v) is 2.82. The van der Waals surface area contributed by atoms with E-state index in [2.05, 4.69) is 15.3 Å². The number of rotatable bonds is 3. The first-order valence-electron chi connectivity index (χ1n) is 6.60. The third-order valence-corrected chi connectivity index (χ3v) is 4.00. The molecule has 0 N–H and O–H groups in total. The van der Waals surface area contributed by atoms with E-state index in [1.165, 1.54) is 28.0 Å². The minimum atomic E-state index is -0.970. The summed E-state index contributed by atoms with van der Waals surface area (Å²) >= 11 is 1.28. The second-order valence-corrected chi connectivity index (χ2v) is 5.60. The van der Waals surface area contributed by atoms with E-state index in [4.69, 9.17) is 4.42 Å². The van der Waals surface area contributed by atoms with Crippen LogP contribution in [-0.2, 0) is 0 Å². The predicted molar refractivity (Wildman–Crippen MR) is 81.6 cm³/mol. The average Bonchev–Trinajstić information content (AvgIpc) is 3.24. The first-order valence-corrected chi connectivity index (χ1v) is 7.42. The fraction of sp³-hybridized carbons (Fsp3) is 0. The minimum Gasteiger partial charge on any atom is -0.465 e. The van der Waals surface area contributed by atoms with Crippen molar-refractivity contribution in [1.29, 1.82) is 0 Å². The van der Waals surface area contributed by atoms with Crippen LogP contribution in [0.3, 0.4) is 0 Å². The zero-order valence-corrected chi connectivity index (χ0v) is 12.3. The summed E-state index contributed by atoms with van der Waals surface area (Å²) in [6, 6.07) is 7.49. The molecular formula is C15H8F2N4OS. The minimum absolute atomic E-state index is 0.0179. The van der Waals surface area contributed by atoms with Crippen LogP contribution in [0.4, 0.5) is 8.78 Å². The topological polar surface area (TPSA) is 56.2 Å². The number of hydrogen-bond acceptors (Lipinski definition) is 5. The number of benzene rings is 1. The highest BCUT2D eigenvalue weighted by Gasteiger charge is 2.17. The number of fused-ring (bicyclic) bond motifs is 1. The summed E-state index contributed by atoms with van der Waals surface area (Å²) in [5, 5.41) is 12.8. The zero-order valence-electron chi connectivity index (χ0n) is 11.5. The van der Waals surface area contributed by atoms with Crippen LogP contribution in [0.15, 0.2) is 41.0 Å². The number of furan rings is 1. The Balaban J connectivity index is 1.76. The van der Waals surface area contributed by atoms with E-state index >= 15 is 0 Å². The molecule has 0 aliphatic carbocycles. The molecule has 0 spiro atoms. The lowest BCUT2D eigenvalue weighted by atomic mass is 10.2. The molecule has 4 rings (SSSR count). The summed E-state index contributed by atoms with van der Waals surface area (Å²) < 4.78 is 33.9. The number of aromatic nitrogens is 4. The average molecular weight is 330 g/mol. The molecule has 0 fully saturated rings. The highest BCUT2D eigenvalue weighted by Crippen LogP contribution is 2.25. The molecule has 3 aromatic heterocycles. The quantitative estimate of drug-likeness (QED) is 0.572. The molecule has 23 heavy (non-hydrogen) atoms. The van der Waals surface area contributed by atoms with E-state index < -0.39 is 11.6 Å². The molecule has 0 amide bonds. The summed E-state index contributed by atoms with van der Waals surface area (Å²) in [4.78, 5) is 0.489. The molecule has 0 saturated heterocycles. The lowest BCUT2D eigenvalue weighted by Gasteiger charge is -1.99. The van der Waals surface area contributed by atoms with Crippen molar-refractivity contribution in [2.75, 3.05) is 0 Å². The molecule has 0 unspecified atom stereocenters. The van der Waals surface area contributed by atoms with Gasteiger partial charge in [-0.05, 0) is 36.4 Å². The van der Waals surface area contributed by atoms with Gasteiger partial charge in [-0.15, -0.1) is 10.2 Å². The van der Waals surface area contributed by atoms with Gasteiger partial charge in [-0.2, -0.15) is 9.61 Å². The van der Waals surface area contributed by atoms with Crippen LogP contribution < -0.4 is 0 Å². The molecule has 0 aliphatic heterocycles. The largest absolute Gasteiger partial charge is 0.465 e. The van der Waals surface area contributed by atoms with E-state index in [0.717, 1.165) is 6.07 Å². The van der Waals surface area contributed by atoms with E-state index in [9.17, 15) is 8.78 Å². The monoisotopic (exact) mass is 330 g/mol. The van der Waals surface area contributed by atoms with Crippen LogP contribution in [-0.4, -0.2) is 19.8 Å². The Morgan fingerprint density at radius 3 is 2.83 bits per heavy atom. The molecule has 0 atom stereocenters. The highest BCUT2D eigenvalue weighted by atomic mass is 32.1. The van der Waals surface area contributed by atoms with Gasteiger partial charge >= 0.3 is 0 Å².